The molecule has 2 amide bonds. The molecular formula is C23H27N4O2+. The SMILES string of the molecule is Cn1cc([C@H]2c3ccccc3C(=O)N2CC(=O)NCC[NH+](C)C)c2ccccc21. The standard InChI is InChI=1S/C23H26N4O2/c1-25(2)13-12-24-21(28)15-27-22(17-9-4-5-10-18(17)23(27)29)19-14-26(3)20-11-7-6-8-16(19)20/h4-11,14,22H,12-13,15H2,1-3H3,(H,24,28)/p+1/t22-/m1/s1. The van der Waals surface area contributed by atoms with Gasteiger partial charge < -0.3 is 19.7 Å². The highest BCUT2D eigenvalue weighted by molar-refractivity contribution is 6.02. The molecule has 0 fully saturated rings. The number of likely N-dealkylation sites (N-methyl/N-ethyl adjacent to an activating group) is 1. The van der Waals surface area contributed by atoms with Gasteiger partial charge in [-0.05, 0) is 17.7 Å². The van der Waals surface area contributed by atoms with E-state index in [1.165, 1.54) is 4.90 Å². The number of nitrogens with one attached hydrogen (secondary N) is 2. The topological polar surface area (TPSA) is 58.8 Å². The molecule has 3 aromatic rings. The van der Waals surface area contributed by atoms with Gasteiger partial charge in [-0.1, -0.05) is 36.4 Å². The first-order chi connectivity index (χ1) is 14.0. The van der Waals surface area contributed by atoms with E-state index in [1.807, 2.05) is 57.5 Å². The second-order valence-electron chi connectivity index (χ2n) is 7.94. The maximum Gasteiger partial charge on any atom is 0.255 e. The fourth-order valence-corrected chi connectivity index (χ4v) is 4.12. The first-order valence-electron chi connectivity index (χ1n) is 9.97. The fourth-order valence-electron chi connectivity index (χ4n) is 4.12. The molecule has 1 aromatic heterocycles. The van der Waals surface area contributed by atoms with E-state index in [0.717, 1.165) is 28.6 Å². The minimum Gasteiger partial charge on any atom is -0.350 e. The van der Waals surface area contributed by atoms with Gasteiger partial charge in [-0.3, -0.25) is 9.59 Å². The second-order valence-corrected chi connectivity index (χ2v) is 7.94. The number of carbonyl (C=O) groups is 2. The average Bonchev–Trinajstić information content (AvgIpc) is 3.17. The van der Waals surface area contributed by atoms with Crippen LogP contribution in [0.25, 0.3) is 10.9 Å². The molecule has 6 nitrogen and oxygen atoms in total. The molecule has 1 aliphatic heterocycles. The zero-order valence-corrected chi connectivity index (χ0v) is 17.1. The van der Waals surface area contributed by atoms with Crippen molar-refractivity contribution in [3.05, 3.63) is 71.4 Å². The van der Waals surface area contributed by atoms with Crippen molar-refractivity contribution in [2.75, 3.05) is 33.7 Å². The number of rotatable bonds is 6. The lowest BCUT2D eigenvalue weighted by Crippen LogP contribution is -3.06. The van der Waals surface area contributed by atoms with Gasteiger partial charge in [-0.15, -0.1) is 0 Å². The van der Waals surface area contributed by atoms with E-state index in [-0.39, 0.29) is 24.4 Å². The Kier molecular flexibility index (Phi) is 5.11. The van der Waals surface area contributed by atoms with Gasteiger partial charge in [0, 0.05) is 35.3 Å². The second kappa shape index (κ2) is 7.72. The van der Waals surface area contributed by atoms with Crippen LogP contribution in [-0.2, 0) is 11.8 Å². The van der Waals surface area contributed by atoms with Gasteiger partial charge in [0.1, 0.15) is 6.54 Å². The van der Waals surface area contributed by atoms with Crippen LogP contribution in [-0.4, -0.2) is 55.0 Å². The summed E-state index contributed by atoms with van der Waals surface area (Å²) in [7, 11) is 6.10. The van der Waals surface area contributed by atoms with E-state index in [0.29, 0.717) is 12.1 Å². The molecule has 0 unspecified atom stereocenters. The average molecular weight is 391 g/mol. The Morgan fingerprint density at radius 2 is 1.79 bits per heavy atom. The Balaban J connectivity index is 1.70. The highest BCUT2D eigenvalue weighted by Crippen LogP contribution is 2.41. The Hall–Kier alpha value is -3.12. The highest BCUT2D eigenvalue weighted by Gasteiger charge is 2.39. The fraction of sp³-hybridized carbons (Fsp3) is 0.304. The van der Waals surface area contributed by atoms with E-state index in [9.17, 15) is 9.59 Å². The van der Waals surface area contributed by atoms with Crippen LogP contribution in [0.5, 0.6) is 0 Å². The summed E-state index contributed by atoms with van der Waals surface area (Å²) < 4.78 is 2.08. The number of hydrogen-bond donors (Lipinski definition) is 2. The number of aromatic nitrogens is 1. The summed E-state index contributed by atoms with van der Waals surface area (Å²) in [6, 6.07) is 15.6. The smallest absolute Gasteiger partial charge is 0.255 e. The van der Waals surface area contributed by atoms with E-state index in [2.05, 4.69) is 28.2 Å². The predicted molar refractivity (Wildman–Crippen MR) is 113 cm³/mol. The lowest BCUT2D eigenvalue weighted by Gasteiger charge is -2.25. The maximum atomic E-state index is 13.2. The molecule has 150 valence electrons. The van der Waals surface area contributed by atoms with Crippen LogP contribution in [0.2, 0.25) is 0 Å². The molecule has 0 radical (unpaired) electrons. The summed E-state index contributed by atoms with van der Waals surface area (Å²) in [5.74, 6) is -0.218. The van der Waals surface area contributed by atoms with Crippen LogP contribution in [0, 0.1) is 0 Å². The zero-order valence-electron chi connectivity index (χ0n) is 17.1. The molecule has 0 aliphatic carbocycles. The largest absolute Gasteiger partial charge is 0.350 e. The summed E-state index contributed by atoms with van der Waals surface area (Å²) >= 11 is 0. The van der Waals surface area contributed by atoms with Crippen molar-refractivity contribution in [2.45, 2.75) is 6.04 Å². The quantitative estimate of drug-likeness (QED) is 0.658. The van der Waals surface area contributed by atoms with Crippen LogP contribution in [0.4, 0.5) is 0 Å². The minimum atomic E-state index is -0.268. The van der Waals surface area contributed by atoms with Gasteiger partial charge >= 0.3 is 0 Å². The Morgan fingerprint density at radius 1 is 1.07 bits per heavy atom. The van der Waals surface area contributed by atoms with E-state index in [1.54, 1.807) is 4.90 Å². The third kappa shape index (κ3) is 3.51. The van der Waals surface area contributed by atoms with Crippen LogP contribution >= 0.6 is 0 Å². The van der Waals surface area contributed by atoms with Gasteiger partial charge in [0.2, 0.25) is 5.91 Å². The van der Waals surface area contributed by atoms with Crippen molar-refractivity contribution in [2.24, 2.45) is 7.05 Å². The molecule has 0 saturated heterocycles. The summed E-state index contributed by atoms with van der Waals surface area (Å²) in [6.07, 6.45) is 2.07. The lowest BCUT2D eigenvalue weighted by atomic mass is 9.97. The van der Waals surface area contributed by atoms with E-state index < -0.39 is 0 Å². The van der Waals surface area contributed by atoms with Crippen LogP contribution < -0.4 is 10.2 Å². The van der Waals surface area contributed by atoms with Crippen molar-refractivity contribution in [3.63, 3.8) is 0 Å². The van der Waals surface area contributed by atoms with Crippen molar-refractivity contribution in [1.29, 1.82) is 0 Å². The Labute approximate surface area is 170 Å². The number of para-hydroxylation sites is 1. The van der Waals surface area contributed by atoms with Crippen molar-refractivity contribution < 1.29 is 14.5 Å². The Bertz CT molecular complexity index is 1070. The monoisotopic (exact) mass is 391 g/mol. The molecule has 0 spiro atoms. The molecule has 4 rings (SSSR count). The molecule has 0 bridgehead atoms. The zero-order chi connectivity index (χ0) is 20.5. The molecule has 2 heterocycles. The molecular weight excluding hydrogens is 364 g/mol. The summed E-state index contributed by atoms with van der Waals surface area (Å²) in [5.41, 5.74) is 3.79. The molecule has 6 heteroatoms. The lowest BCUT2D eigenvalue weighted by molar-refractivity contribution is -0.856. The van der Waals surface area contributed by atoms with Crippen LogP contribution in [0.1, 0.15) is 27.5 Å². The van der Waals surface area contributed by atoms with Crippen molar-refractivity contribution in [1.82, 2.24) is 14.8 Å². The maximum absolute atomic E-state index is 13.2. The van der Waals surface area contributed by atoms with Crippen molar-refractivity contribution in [3.8, 4) is 0 Å². The summed E-state index contributed by atoms with van der Waals surface area (Å²) in [4.78, 5) is 28.7. The summed E-state index contributed by atoms with van der Waals surface area (Å²) in [6.45, 7) is 1.48. The van der Waals surface area contributed by atoms with E-state index in [4.69, 9.17) is 0 Å². The predicted octanol–water partition coefficient (Wildman–Crippen LogP) is 0.984. The molecule has 1 aliphatic rings. The number of nitrogens with zero attached hydrogens (tertiary/aromatic N) is 2. The number of benzene rings is 2. The van der Waals surface area contributed by atoms with Gasteiger partial charge in [-0.2, -0.15) is 0 Å². The first-order valence-corrected chi connectivity index (χ1v) is 9.97. The van der Waals surface area contributed by atoms with Gasteiger partial charge in [0.15, 0.2) is 0 Å². The van der Waals surface area contributed by atoms with Crippen LogP contribution in [0.15, 0.2) is 54.7 Å². The van der Waals surface area contributed by atoms with Gasteiger partial charge in [0.25, 0.3) is 5.91 Å². The number of fused-ring (bicyclic) bond motifs is 2. The number of hydrogen-bond acceptors (Lipinski definition) is 2. The molecule has 0 saturated carbocycles. The number of quaternary nitrogens is 1. The third-order valence-corrected chi connectivity index (χ3v) is 5.54. The van der Waals surface area contributed by atoms with Gasteiger partial charge in [0.05, 0.1) is 33.2 Å². The number of aryl methyl sites for hydroxylation is 1. The first kappa shape index (κ1) is 19.2. The minimum absolute atomic E-state index is 0.0458. The Morgan fingerprint density at radius 3 is 2.59 bits per heavy atom. The van der Waals surface area contributed by atoms with Gasteiger partial charge in [-0.25, -0.2) is 0 Å². The number of carbonyl (C=O) groups excluding carboxylic acids is 2. The highest BCUT2D eigenvalue weighted by atomic mass is 16.2. The normalized spacial score (nSPS) is 15.9. The molecule has 29 heavy (non-hydrogen) atoms. The summed E-state index contributed by atoms with van der Waals surface area (Å²) in [5, 5.41) is 4.05. The molecule has 2 aromatic carbocycles. The van der Waals surface area contributed by atoms with E-state index >= 15 is 0 Å². The number of amides is 2. The third-order valence-electron chi connectivity index (χ3n) is 5.54. The van der Waals surface area contributed by atoms with Crippen LogP contribution in [0.3, 0.4) is 0 Å². The molecule has 2 N–H and O–H groups in total. The van der Waals surface area contributed by atoms with Crippen molar-refractivity contribution >= 4 is 22.7 Å². The molecule has 1 atom stereocenters.